The molecular weight excluding hydrogens is 368 g/mol. The van der Waals surface area contributed by atoms with E-state index < -0.39 is 16.3 Å². The number of ether oxygens (including phenoxy) is 1. The molecule has 0 bridgehead atoms. The lowest BCUT2D eigenvalue weighted by molar-refractivity contribution is 0.141. The summed E-state index contributed by atoms with van der Waals surface area (Å²) < 4.78 is 38.4. The fourth-order valence-corrected chi connectivity index (χ4v) is 3.91. The van der Waals surface area contributed by atoms with E-state index in [0.29, 0.717) is 5.58 Å². The fourth-order valence-electron chi connectivity index (χ4n) is 2.72. The number of furan rings is 1. The summed E-state index contributed by atoms with van der Waals surface area (Å²) in [5.41, 5.74) is 2.35. The van der Waals surface area contributed by atoms with Gasteiger partial charge in [0.05, 0.1) is 7.11 Å². The number of aliphatic hydroxyl groups excluding tert-OH is 1. The molecule has 0 fully saturated rings. The lowest BCUT2D eigenvalue weighted by Crippen LogP contribution is -2.28. The average Bonchev–Trinajstić information content (AvgIpc) is 3.04. The molecule has 0 radical (unpaired) electrons. The number of nitrogens with zero attached hydrogens (tertiary/aromatic N) is 1. The number of rotatable bonds is 6. The van der Waals surface area contributed by atoms with E-state index in [9.17, 15) is 13.5 Å². The first-order valence-corrected chi connectivity index (χ1v) is 9.75. The van der Waals surface area contributed by atoms with E-state index in [1.54, 1.807) is 18.2 Å². The zero-order valence-corrected chi connectivity index (χ0v) is 16.4. The Bertz CT molecular complexity index is 1070. The minimum atomic E-state index is -4.02. The highest BCUT2D eigenvalue weighted by molar-refractivity contribution is 7.89. The van der Waals surface area contributed by atoms with E-state index in [1.165, 1.54) is 13.2 Å². The van der Waals surface area contributed by atoms with E-state index >= 15 is 0 Å². The first kappa shape index (κ1) is 19.2. The molecule has 27 heavy (non-hydrogen) atoms. The standard InChI is InChI=1S/C19H22N2O5S/c1-12-5-8-18(16(9-12)25-4)27(23,24)20-19(22)17-10-13-6-7-14(21(2)3)11-15(13)26-17/h5-11,19-20,22H,1-4H3. The van der Waals surface area contributed by atoms with E-state index in [2.05, 4.69) is 4.72 Å². The lowest BCUT2D eigenvalue weighted by Gasteiger charge is -2.14. The molecule has 0 spiro atoms. The smallest absolute Gasteiger partial charge is 0.246 e. The van der Waals surface area contributed by atoms with Gasteiger partial charge in [0, 0.05) is 31.2 Å². The highest BCUT2D eigenvalue weighted by Gasteiger charge is 2.25. The zero-order valence-electron chi connectivity index (χ0n) is 15.6. The molecule has 3 rings (SSSR count). The van der Waals surface area contributed by atoms with E-state index in [4.69, 9.17) is 9.15 Å². The van der Waals surface area contributed by atoms with E-state index in [-0.39, 0.29) is 16.4 Å². The van der Waals surface area contributed by atoms with Crippen molar-refractivity contribution in [2.75, 3.05) is 26.1 Å². The highest BCUT2D eigenvalue weighted by atomic mass is 32.2. The number of nitrogens with one attached hydrogen (secondary N) is 1. The molecule has 0 aliphatic heterocycles. The third-order valence-electron chi connectivity index (χ3n) is 4.18. The Morgan fingerprint density at radius 3 is 2.56 bits per heavy atom. The van der Waals surface area contributed by atoms with Crippen molar-refractivity contribution in [1.29, 1.82) is 0 Å². The van der Waals surface area contributed by atoms with Gasteiger partial charge in [0.1, 0.15) is 22.0 Å². The summed E-state index contributed by atoms with van der Waals surface area (Å²) in [7, 11) is 1.19. The van der Waals surface area contributed by atoms with Crippen molar-refractivity contribution < 1.29 is 22.7 Å². The van der Waals surface area contributed by atoms with Gasteiger partial charge in [0.25, 0.3) is 0 Å². The van der Waals surface area contributed by atoms with Crippen molar-refractivity contribution >= 4 is 26.7 Å². The van der Waals surface area contributed by atoms with Gasteiger partial charge in [-0.3, -0.25) is 0 Å². The Hall–Kier alpha value is -2.55. The molecule has 8 heteroatoms. The van der Waals surface area contributed by atoms with Gasteiger partial charge < -0.3 is 19.2 Å². The maximum atomic E-state index is 12.7. The molecule has 7 nitrogen and oxygen atoms in total. The van der Waals surface area contributed by atoms with Crippen molar-refractivity contribution in [2.45, 2.75) is 18.0 Å². The fraction of sp³-hybridized carbons (Fsp3) is 0.263. The molecule has 1 unspecified atom stereocenters. The molecule has 0 amide bonds. The number of methoxy groups -OCH3 is 1. The van der Waals surface area contributed by atoms with E-state index in [0.717, 1.165) is 16.6 Å². The summed E-state index contributed by atoms with van der Waals surface area (Å²) >= 11 is 0. The van der Waals surface area contributed by atoms with Crippen LogP contribution in [0.5, 0.6) is 5.75 Å². The predicted molar refractivity (Wildman–Crippen MR) is 104 cm³/mol. The van der Waals surface area contributed by atoms with Crippen LogP contribution in [-0.4, -0.2) is 34.7 Å². The molecule has 2 N–H and O–H groups in total. The second-order valence-corrected chi connectivity index (χ2v) is 8.13. The molecule has 2 aromatic carbocycles. The molecule has 0 saturated heterocycles. The Morgan fingerprint density at radius 1 is 1.15 bits per heavy atom. The first-order chi connectivity index (χ1) is 12.7. The van der Waals surface area contributed by atoms with Crippen LogP contribution in [0.25, 0.3) is 11.0 Å². The molecule has 1 atom stereocenters. The van der Waals surface area contributed by atoms with Crippen LogP contribution in [0.4, 0.5) is 5.69 Å². The Labute approximate surface area is 158 Å². The van der Waals surface area contributed by atoms with Crippen LogP contribution >= 0.6 is 0 Å². The highest BCUT2D eigenvalue weighted by Crippen LogP contribution is 2.29. The maximum Gasteiger partial charge on any atom is 0.246 e. The quantitative estimate of drug-likeness (QED) is 0.629. The summed E-state index contributed by atoms with van der Waals surface area (Å²) in [5.74, 6) is 0.311. The van der Waals surface area contributed by atoms with Crippen LogP contribution in [0.15, 0.2) is 51.8 Å². The van der Waals surface area contributed by atoms with Crippen LogP contribution in [-0.2, 0) is 10.0 Å². The molecule has 0 aliphatic carbocycles. The monoisotopic (exact) mass is 390 g/mol. The Balaban J connectivity index is 1.90. The van der Waals surface area contributed by atoms with Gasteiger partial charge in [-0.1, -0.05) is 6.07 Å². The van der Waals surface area contributed by atoms with Crippen molar-refractivity contribution in [1.82, 2.24) is 4.72 Å². The SMILES string of the molecule is COc1cc(C)ccc1S(=O)(=O)NC(O)c1cc2ccc(N(C)C)cc2o1. The molecular formula is C19H22N2O5S. The second-order valence-electron chi connectivity index (χ2n) is 6.44. The molecule has 144 valence electrons. The van der Waals surface area contributed by atoms with Gasteiger partial charge in [0.15, 0.2) is 6.23 Å². The van der Waals surface area contributed by atoms with Crippen LogP contribution < -0.4 is 14.4 Å². The molecule has 0 saturated carbocycles. The minimum absolute atomic E-state index is 0.0549. The normalized spacial score (nSPS) is 12.9. The van der Waals surface area contributed by atoms with Crippen LogP contribution in [0.2, 0.25) is 0 Å². The Morgan fingerprint density at radius 2 is 1.89 bits per heavy atom. The number of aryl methyl sites for hydroxylation is 1. The summed E-state index contributed by atoms with van der Waals surface area (Å²) in [6, 6.07) is 11.9. The first-order valence-electron chi connectivity index (χ1n) is 8.27. The van der Waals surface area contributed by atoms with Gasteiger partial charge in [-0.25, -0.2) is 8.42 Å². The largest absolute Gasteiger partial charge is 0.495 e. The minimum Gasteiger partial charge on any atom is -0.495 e. The molecule has 0 aliphatic rings. The number of hydrogen-bond donors (Lipinski definition) is 2. The second kappa shape index (κ2) is 7.22. The van der Waals surface area contributed by atoms with Crippen molar-refractivity contribution in [3.8, 4) is 5.75 Å². The van der Waals surface area contributed by atoms with E-state index in [1.807, 2.05) is 44.1 Å². The van der Waals surface area contributed by atoms with Gasteiger partial charge in [-0.05, 0) is 42.8 Å². The van der Waals surface area contributed by atoms with Gasteiger partial charge in [0.2, 0.25) is 10.0 Å². The predicted octanol–water partition coefficient (Wildman–Crippen LogP) is 2.79. The average molecular weight is 390 g/mol. The maximum absolute atomic E-state index is 12.7. The lowest BCUT2D eigenvalue weighted by atomic mass is 10.2. The zero-order chi connectivity index (χ0) is 19.8. The number of hydrogen-bond acceptors (Lipinski definition) is 6. The number of benzene rings is 2. The van der Waals surface area contributed by atoms with Crippen molar-refractivity contribution in [3.05, 3.63) is 53.8 Å². The third-order valence-corrected chi connectivity index (χ3v) is 5.63. The summed E-state index contributed by atoms with van der Waals surface area (Å²) in [4.78, 5) is 1.87. The van der Waals surface area contributed by atoms with Crippen LogP contribution in [0.1, 0.15) is 17.6 Å². The molecule has 1 aromatic heterocycles. The van der Waals surface area contributed by atoms with Crippen LogP contribution in [0.3, 0.4) is 0 Å². The number of sulfonamides is 1. The van der Waals surface area contributed by atoms with Crippen molar-refractivity contribution in [2.24, 2.45) is 0 Å². The Kier molecular flexibility index (Phi) is 5.14. The topological polar surface area (TPSA) is 92.0 Å². The number of fused-ring (bicyclic) bond motifs is 1. The summed E-state index contributed by atoms with van der Waals surface area (Å²) in [5, 5.41) is 11.1. The van der Waals surface area contributed by atoms with Gasteiger partial charge >= 0.3 is 0 Å². The van der Waals surface area contributed by atoms with Gasteiger partial charge in [-0.2, -0.15) is 4.72 Å². The van der Waals surface area contributed by atoms with Crippen LogP contribution in [0, 0.1) is 6.92 Å². The number of anilines is 1. The summed E-state index contributed by atoms with van der Waals surface area (Å²) in [6.07, 6.45) is -1.53. The third kappa shape index (κ3) is 3.92. The summed E-state index contributed by atoms with van der Waals surface area (Å²) in [6.45, 7) is 1.83. The molecule has 3 aromatic rings. The number of aliphatic hydroxyl groups is 1. The van der Waals surface area contributed by atoms with Gasteiger partial charge in [-0.15, -0.1) is 0 Å². The molecule has 1 heterocycles. The van der Waals surface area contributed by atoms with Crippen molar-refractivity contribution in [3.63, 3.8) is 0 Å².